The molecule has 0 spiro atoms. The van der Waals surface area contributed by atoms with E-state index in [0.717, 1.165) is 25.3 Å². The summed E-state index contributed by atoms with van der Waals surface area (Å²) in [5, 5.41) is 3.20. The van der Waals surface area contributed by atoms with Gasteiger partial charge in [-0.15, -0.1) is 0 Å². The molecule has 0 bridgehead atoms. The minimum Gasteiger partial charge on any atom is -0.310 e. The van der Waals surface area contributed by atoms with E-state index in [-0.39, 0.29) is 18.2 Å². The van der Waals surface area contributed by atoms with Gasteiger partial charge >= 0.3 is 6.18 Å². The van der Waals surface area contributed by atoms with Gasteiger partial charge in [-0.3, -0.25) is 0 Å². The molecule has 2 unspecified atom stereocenters. The molecule has 20 heavy (non-hydrogen) atoms. The second-order valence-corrected chi connectivity index (χ2v) is 5.55. The van der Waals surface area contributed by atoms with E-state index in [1.54, 1.807) is 0 Å². The minimum absolute atomic E-state index is 0.108. The lowest BCUT2D eigenvalue weighted by Crippen LogP contribution is -2.37. The predicted octanol–water partition coefficient (Wildman–Crippen LogP) is 4.51. The van der Waals surface area contributed by atoms with Crippen molar-refractivity contribution in [3.05, 3.63) is 35.1 Å². The maximum Gasteiger partial charge on any atom is 0.416 e. The number of halogens is 4. The highest BCUT2D eigenvalue weighted by molar-refractivity contribution is 5.30. The van der Waals surface area contributed by atoms with Gasteiger partial charge in [0.05, 0.1) is 5.56 Å². The number of hydrogen-bond donors (Lipinski definition) is 1. The average Bonchev–Trinajstić information content (AvgIpc) is 2.38. The van der Waals surface area contributed by atoms with Crippen molar-refractivity contribution in [2.24, 2.45) is 5.92 Å². The largest absolute Gasteiger partial charge is 0.416 e. The van der Waals surface area contributed by atoms with E-state index in [0.29, 0.717) is 12.0 Å². The van der Waals surface area contributed by atoms with Crippen LogP contribution in [-0.4, -0.2) is 6.04 Å². The van der Waals surface area contributed by atoms with Crippen LogP contribution in [-0.2, 0) is 12.7 Å². The molecule has 0 aliphatic heterocycles. The third-order valence-electron chi connectivity index (χ3n) is 4.04. The van der Waals surface area contributed by atoms with E-state index in [4.69, 9.17) is 0 Å². The third-order valence-corrected chi connectivity index (χ3v) is 4.04. The summed E-state index contributed by atoms with van der Waals surface area (Å²) in [7, 11) is 0. The Bertz CT molecular complexity index is 456. The van der Waals surface area contributed by atoms with Crippen LogP contribution in [0.25, 0.3) is 0 Å². The lowest BCUT2D eigenvalue weighted by molar-refractivity contribution is -0.138. The molecule has 2 atom stereocenters. The number of nitrogens with one attached hydrogen (secondary N) is 1. The van der Waals surface area contributed by atoms with Crippen molar-refractivity contribution in [1.82, 2.24) is 5.32 Å². The van der Waals surface area contributed by atoms with Crippen LogP contribution in [0.5, 0.6) is 0 Å². The molecule has 1 saturated carbocycles. The van der Waals surface area contributed by atoms with Crippen molar-refractivity contribution in [1.29, 1.82) is 0 Å². The standard InChI is InChI=1S/C15H19F4N/c1-10-4-2-3-5-14(10)20-9-11-6-7-12(16)8-13(11)15(17,18)19/h6-8,10,14,20H,2-5,9H2,1H3. The predicted molar refractivity (Wildman–Crippen MR) is 69.7 cm³/mol. The monoisotopic (exact) mass is 289 g/mol. The molecular weight excluding hydrogens is 270 g/mol. The topological polar surface area (TPSA) is 12.0 Å². The van der Waals surface area contributed by atoms with E-state index in [1.165, 1.54) is 12.5 Å². The Morgan fingerprint density at radius 2 is 1.90 bits per heavy atom. The Balaban J connectivity index is 2.09. The lowest BCUT2D eigenvalue weighted by Gasteiger charge is -2.30. The molecule has 112 valence electrons. The fourth-order valence-electron chi connectivity index (χ4n) is 2.83. The van der Waals surface area contributed by atoms with Crippen molar-refractivity contribution < 1.29 is 17.6 Å². The molecule has 0 amide bonds. The average molecular weight is 289 g/mol. The first kappa shape index (κ1) is 15.3. The molecule has 1 fully saturated rings. The summed E-state index contributed by atoms with van der Waals surface area (Å²) in [6.07, 6.45) is -0.129. The van der Waals surface area contributed by atoms with Gasteiger partial charge in [0.1, 0.15) is 5.82 Å². The normalized spacial score (nSPS) is 23.9. The number of rotatable bonds is 3. The van der Waals surface area contributed by atoms with Crippen LogP contribution in [0.1, 0.15) is 43.7 Å². The van der Waals surface area contributed by atoms with Gasteiger partial charge in [-0.25, -0.2) is 4.39 Å². The van der Waals surface area contributed by atoms with Gasteiger partial charge in [0.2, 0.25) is 0 Å². The van der Waals surface area contributed by atoms with E-state index in [9.17, 15) is 17.6 Å². The van der Waals surface area contributed by atoms with E-state index in [2.05, 4.69) is 12.2 Å². The van der Waals surface area contributed by atoms with Crippen molar-refractivity contribution in [2.45, 2.75) is 51.4 Å². The maximum absolute atomic E-state index is 13.0. The molecule has 2 rings (SSSR count). The molecule has 5 heteroatoms. The first-order chi connectivity index (χ1) is 9.38. The van der Waals surface area contributed by atoms with Gasteiger partial charge in [0.15, 0.2) is 0 Å². The molecule has 0 aromatic heterocycles. The summed E-state index contributed by atoms with van der Waals surface area (Å²) in [6.45, 7) is 2.25. The third kappa shape index (κ3) is 3.72. The van der Waals surface area contributed by atoms with E-state index in [1.807, 2.05) is 0 Å². The highest BCUT2D eigenvalue weighted by Crippen LogP contribution is 2.33. The highest BCUT2D eigenvalue weighted by atomic mass is 19.4. The molecule has 0 radical (unpaired) electrons. The molecule has 1 nitrogen and oxygen atoms in total. The number of hydrogen-bond acceptors (Lipinski definition) is 1. The van der Waals surface area contributed by atoms with Gasteiger partial charge < -0.3 is 5.32 Å². The second-order valence-electron chi connectivity index (χ2n) is 5.55. The zero-order valence-electron chi connectivity index (χ0n) is 11.4. The van der Waals surface area contributed by atoms with E-state index < -0.39 is 17.6 Å². The van der Waals surface area contributed by atoms with Gasteiger partial charge in [0.25, 0.3) is 0 Å². The molecule has 1 N–H and O–H groups in total. The number of alkyl halides is 3. The SMILES string of the molecule is CC1CCCCC1NCc1ccc(F)cc1C(F)(F)F. The zero-order valence-corrected chi connectivity index (χ0v) is 11.4. The van der Waals surface area contributed by atoms with Crippen LogP contribution in [0.4, 0.5) is 17.6 Å². The summed E-state index contributed by atoms with van der Waals surface area (Å²) in [6, 6.07) is 3.12. The van der Waals surface area contributed by atoms with Gasteiger partial charge in [-0.05, 0) is 36.5 Å². The Kier molecular flexibility index (Phi) is 4.68. The lowest BCUT2D eigenvalue weighted by atomic mass is 9.86. The van der Waals surface area contributed by atoms with Crippen molar-refractivity contribution in [3.8, 4) is 0 Å². The van der Waals surface area contributed by atoms with E-state index >= 15 is 0 Å². The van der Waals surface area contributed by atoms with Crippen LogP contribution < -0.4 is 5.32 Å². The molecule has 1 aromatic rings. The molecular formula is C15H19F4N. The van der Waals surface area contributed by atoms with Crippen LogP contribution in [0.15, 0.2) is 18.2 Å². The van der Waals surface area contributed by atoms with Gasteiger partial charge in [-0.2, -0.15) is 13.2 Å². The van der Waals surface area contributed by atoms with Crippen molar-refractivity contribution >= 4 is 0 Å². The summed E-state index contributed by atoms with van der Waals surface area (Å²) in [5.74, 6) is -0.384. The van der Waals surface area contributed by atoms with Gasteiger partial charge in [0, 0.05) is 12.6 Å². The molecule has 0 heterocycles. The van der Waals surface area contributed by atoms with Crippen LogP contribution in [0, 0.1) is 11.7 Å². The van der Waals surface area contributed by atoms with Crippen molar-refractivity contribution in [3.63, 3.8) is 0 Å². The van der Waals surface area contributed by atoms with Crippen LogP contribution >= 0.6 is 0 Å². The Labute approximate surface area is 116 Å². The quantitative estimate of drug-likeness (QED) is 0.807. The fraction of sp³-hybridized carbons (Fsp3) is 0.600. The highest BCUT2D eigenvalue weighted by Gasteiger charge is 2.34. The molecule has 1 aromatic carbocycles. The summed E-state index contributed by atoms with van der Waals surface area (Å²) in [5.41, 5.74) is -0.773. The molecule has 1 aliphatic rings. The molecule has 0 saturated heterocycles. The Hall–Kier alpha value is -1.10. The maximum atomic E-state index is 13.0. The summed E-state index contributed by atoms with van der Waals surface area (Å²) >= 11 is 0. The summed E-state index contributed by atoms with van der Waals surface area (Å²) < 4.78 is 51.6. The smallest absolute Gasteiger partial charge is 0.310 e. The summed E-state index contributed by atoms with van der Waals surface area (Å²) in [4.78, 5) is 0. The molecule has 1 aliphatic carbocycles. The van der Waals surface area contributed by atoms with Crippen LogP contribution in [0.3, 0.4) is 0 Å². The Morgan fingerprint density at radius 3 is 2.55 bits per heavy atom. The number of benzene rings is 1. The second kappa shape index (κ2) is 6.12. The van der Waals surface area contributed by atoms with Gasteiger partial charge in [-0.1, -0.05) is 25.8 Å². The fourth-order valence-corrected chi connectivity index (χ4v) is 2.83. The van der Waals surface area contributed by atoms with Crippen LogP contribution in [0.2, 0.25) is 0 Å². The first-order valence-electron chi connectivity index (χ1n) is 6.97. The zero-order chi connectivity index (χ0) is 14.8. The van der Waals surface area contributed by atoms with Crippen molar-refractivity contribution in [2.75, 3.05) is 0 Å². The Morgan fingerprint density at radius 1 is 1.20 bits per heavy atom. The minimum atomic E-state index is -4.52. The first-order valence-corrected chi connectivity index (χ1v) is 6.97.